The molecule has 27 heavy (non-hydrogen) atoms. The van der Waals surface area contributed by atoms with Gasteiger partial charge in [-0.3, -0.25) is 9.78 Å². The highest BCUT2D eigenvalue weighted by Crippen LogP contribution is 2.27. The van der Waals surface area contributed by atoms with Crippen LogP contribution in [0.15, 0.2) is 48.7 Å². The van der Waals surface area contributed by atoms with Crippen molar-refractivity contribution in [1.82, 2.24) is 15.3 Å². The van der Waals surface area contributed by atoms with E-state index in [9.17, 15) is 4.79 Å². The molecule has 1 atom stereocenters. The van der Waals surface area contributed by atoms with Gasteiger partial charge in [0.25, 0.3) is 5.91 Å². The number of nitrogens with zero attached hydrogens (tertiary/aromatic N) is 2. The summed E-state index contributed by atoms with van der Waals surface area (Å²) in [7, 11) is 0. The Morgan fingerprint density at radius 2 is 1.96 bits per heavy atom. The fraction of sp³-hybridized carbons (Fsp3) is 0.286. The lowest BCUT2D eigenvalue weighted by Gasteiger charge is -2.16. The van der Waals surface area contributed by atoms with Crippen molar-refractivity contribution in [2.24, 2.45) is 0 Å². The third kappa shape index (κ3) is 4.71. The minimum absolute atomic E-state index is 0.106. The standard InChI is InChI=1S/C21H23N3O2S/c1-13(2)26-17-9-7-8-16(12-17)14(3)23-20(25)19-15(4)24-21(27-19)18-10-5-6-11-22-18/h5-14H,1-4H3,(H,23,25). The van der Waals surface area contributed by atoms with Gasteiger partial charge in [-0.05, 0) is 57.5 Å². The number of benzene rings is 1. The average Bonchev–Trinajstić information content (AvgIpc) is 3.04. The normalized spacial score (nSPS) is 12.0. The number of carbonyl (C=O) groups excluding carboxylic acids is 1. The summed E-state index contributed by atoms with van der Waals surface area (Å²) in [4.78, 5) is 22.2. The molecule has 1 aromatic carbocycles. The molecule has 0 saturated heterocycles. The van der Waals surface area contributed by atoms with Crippen molar-refractivity contribution in [3.63, 3.8) is 0 Å². The molecule has 1 N–H and O–H groups in total. The number of rotatable bonds is 6. The van der Waals surface area contributed by atoms with Gasteiger partial charge in [0.15, 0.2) is 0 Å². The molecule has 6 heteroatoms. The zero-order chi connectivity index (χ0) is 19.4. The zero-order valence-electron chi connectivity index (χ0n) is 15.9. The van der Waals surface area contributed by atoms with Crippen molar-refractivity contribution >= 4 is 17.2 Å². The van der Waals surface area contributed by atoms with Gasteiger partial charge in [0.1, 0.15) is 15.6 Å². The Bertz CT molecular complexity index is 922. The van der Waals surface area contributed by atoms with Gasteiger partial charge in [-0.1, -0.05) is 18.2 Å². The van der Waals surface area contributed by atoms with Crippen molar-refractivity contribution in [3.05, 3.63) is 64.8 Å². The Hall–Kier alpha value is -2.73. The van der Waals surface area contributed by atoms with E-state index in [-0.39, 0.29) is 18.1 Å². The van der Waals surface area contributed by atoms with Crippen LogP contribution in [0.3, 0.4) is 0 Å². The summed E-state index contributed by atoms with van der Waals surface area (Å²) >= 11 is 1.36. The minimum atomic E-state index is -0.145. The van der Waals surface area contributed by atoms with E-state index in [1.54, 1.807) is 6.20 Å². The Morgan fingerprint density at radius 1 is 1.15 bits per heavy atom. The second kappa shape index (κ2) is 8.31. The maximum atomic E-state index is 12.8. The van der Waals surface area contributed by atoms with Gasteiger partial charge in [-0.2, -0.15) is 0 Å². The lowest BCUT2D eigenvalue weighted by atomic mass is 10.1. The number of pyridine rings is 1. The summed E-state index contributed by atoms with van der Waals surface area (Å²) in [6.45, 7) is 7.79. The summed E-state index contributed by atoms with van der Waals surface area (Å²) in [5.41, 5.74) is 2.48. The molecule has 3 aromatic rings. The molecule has 2 heterocycles. The number of ether oxygens (including phenoxy) is 1. The predicted molar refractivity (Wildman–Crippen MR) is 108 cm³/mol. The Labute approximate surface area is 163 Å². The molecule has 2 aromatic heterocycles. The van der Waals surface area contributed by atoms with E-state index >= 15 is 0 Å². The first kappa shape index (κ1) is 19.0. The Morgan fingerprint density at radius 3 is 2.67 bits per heavy atom. The lowest BCUT2D eigenvalue weighted by molar-refractivity contribution is 0.0943. The first-order valence-electron chi connectivity index (χ1n) is 8.90. The predicted octanol–water partition coefficient (Wildman–Crippen LogP) is 4.79. The van der Waals surface area contributed by atoms with Gasteiger partial charge in [0, 0.05) is 6.20 Å². The summed E-state index contributed by atoms with van der Waals surface area (Å²) in [5.74, 6) is 0.671. The Balaban J connectivity index is 1.75. The van der Waals surface area contributed by atoms with E-state index in [0.29, 0.717) is 10.6 Å². The molecular weight excluding hydrogens is 358 g/mol. The van der Waals surface area contributed by atoms with Gasteiger partial charge in [-0.15, -0.1) is 11.3 Å². The largest absolute Gasteiger partial charge is 0.491 e. The molecule has 5 nitrogen and oxygen atoms in total. The van der Waals surface area contributed by atoms with Crippen LogP contribution in [0.5, 0.6) is 5.75 Å². The third-order valence-corrected chi connectivity index (χ3v) is 5.14. The van der Waals surface area contributed by atoms with Gasteiger partial charge in [0.05, 0.1) is 23.5 Å². The molecule has 0 bridgehead atoms. The summed E-state index contributed by atoms with van der Waals surface area (Å²) < 4.78 is 5.74. The van der Waals surface area contributed by atoms with E-state index in [0.717, 1.165) is 22.0 Å². The van der Waals surface area contributed by atoms with E-state index < -0.39 is 0 Å². The number of hydrogen-bond acceptors (Lipinski definition) is 5. The molecule has 0 aliphatic heterocycles. The monoisotopic (exact) mass is 381 g/mol. The molecule has 1 amide bonds. The molecule has 0 fully saturated rings. The highest BCUT2D eigenvalue weighted by molar-refractivity contribution is 7.17. The summed E-state index contributed by atoms with van der Waals surface area (Å²) in [6.07, 6.45) is 1.83. The average molecular weight is 382 g/mol. The molecule has 0 saturated carbocycles. The molecule has 0 spiro atoms. The maximum absolute atomic E-state index is 12.8. The van der Waals surface area contributed by atoms with Gasteiger partial charge in [-0.25, -0.2) is 4.98 Å². The van der Waals surface area contributed by atoms with E-state index in [4.69, 9.17) is 4.74 Å². The first-order chi connectivity index (χ1) is 12.9. The number of thiazole rings is 1. The second-order valence-corrected chi connectivity index (χ2v) is 7.58. The van der Waals surface area contributed by atoms with Crippen LogP contribution in [0.4, 0.5) is 0 Å². The number of amides is 1. The van der Waals surface area contributed by atoms with E-state index in [1.165, 1.54) is 11.3 Å². The SMILES string of the molecule is Cc1nc(-c2ccccn2)sc1C(=O)NC(C)c1cccc(OC(C)C)c1. The lowest BCUT2D eigenvalue weighted by Crippen LogP contribution is -2.26. The number of carbonyl (C=O) groups is 1. The van der Waals surface area contributed by atoms with E-state index in [1.807, 2.05) is 70.2 Å². The number of hydrogen-bond donors (Lipinski definition) is 1. The highest BCUT2D eigenvalue weighted by Gasteiger charge is 2.19. The van der Waals surface area contributed by atoms with Crippen LogP contribution >= 0.6 is 11.3 Å². The van der Waals surface area contributed by atoms with Crippen molar-refractivity contribution in [2.45, 2.75) is 39.8 Å². The quantitative estimate of drug-likeness (QED) is 0.667. The van der Waals surface area contributed by atoms with Gasteiger partial charge >= 0.3 is 0 Å². The zero-order valence-corrected chi connectivity index (χ0v) is 16.7. The number of nitrogens with one attached hydrogen (secondary N) is 1. The molecule has 0 radical (unpaired) electrons. The molecule has 140 valence electrons. The second-order valence-electron chi connectivity index (χ2n) is 6.58. The van der Waals surface area contributed by atoms with Crippen LogP contribution in [0.2, 0.25) is 0 Å². The van der Waals surface area contributed by atoms with Crippen LogP contribution in [-0.4, -0.2) is 22.0 Å². The highest BCUT2D eigenvalue weighted by atomic mass is 32.1. The molecule has 1 unspecified atom stereocenters. The van der Waals surface area contributed by atoms with Crippen molar-refractivity contribution in [3.8, 4) is 16.5 Å². The van der Waals surface area contributed by atoms with Crippen LogP contribution in [0.1, 0.15) is 47.7 Å². The van der Waals surface area contributed by atoms with Crippen molar-refractivity contribution in [2.75, 3.05) is 0 Å². The molecule has 0 aliphatic carbocycles. The summed E-state index contributed by atoms with van der Waals surface area (Å²) in [6, 6.07) is 13.3. The van der Waals surface area contributed by atoms with Crippen molar-refractivity contribution < 1.29 is 9.53 Å². The first-order valence-corrected chi connectivity index (χ1v) is 9.72. The summed E-state index contributed by atoms with van der Waals surface area (Å²) in [5, 5.41) is 3.80. The molecule has 0 aliphatic rings. The van der Waals surface area contributed by atoms with Crippen LogP contribution < -0.4 is 10.1 Å². The van der Waals surface area contributed by atoms with Crippen molar-refractivity contribution in [1.29, 1.82) is 0 Å². The molecular formula is C21H23N3O2S. The van der Waals surface area contributed by atoms with Crippen LogP contribution in [0, 0.1) is 6.92 Å². The smallest absolute Gasteiger partial charge is 0.263 e. The maximum Gasteiger partial charge on any atom is 0.263 e. The van der Waals surface area contributed by atoms with Gasteiger partial charge in [0.2, 0.25) is 0 Å². The number of aromatic nitrogens is 2. The van der Waals surface area contributed by atoms with E-state index in [2.05, 4.69) is 15.3 Å². The fourth-order valence-electron chi connectivity index (χ4n) is 2.68. The van der Waals surface area contributed by atoms with Crippen LogP contribution in [0.25, 0.3) is 10.7 Å². The fourth-order valence-corrected chi connectivity index (χ4v) is 3.63. The third-order valence-electron chi connectivity index (χ3n) is 3.96. The topological polar surface area (TPSA) is 64.1 Å². The van der Waals surface area contributed by atoms with Gasteiger partial charge < -0.3 is 10.1 Å². The van der Waals surface area contributed by atoms with Crippen LogP contribution in [-0.2, 0) is 0 Å². The number of aryl methyl sites for hydroxylation is 1. The Kier molecular flexibility index (Phi) is 5.86. The minimum Gasteiger partial charge on any atom is -0.491 e. The molecule has 3 rings (SSSR count).